The molecule has 0 radical (unpaired) electrons. The van der Waals surface area contributed by atoms with Crippen LogP contribution in [-0.4, -0.2) is 23.0 Å². The molecule has 0 aromatic heterocycles. The number of nitrogens with zero attached hydrogens (tertiary/aromatic N) is 2. The van der Waals surface area contributed by atoms with E-state index in [9.17, 15) is 4.79 Å². The molecule has 1 saturated heterocycles. The van der Waals surface area contributed by atoms with Crippen LogP contribution in [-0.2, 0) is 0 Å². The normalized spacial score (nSPS) is 23.6. The molecule has 100 valence electrons. The molecule has 1 aromatic rings. The fourth-order valence-electron chi connectivity index (χ4n) is 2.52. The lowest BCUT2D eigenvalue weighted by molar-refractivity contribution is 0.0370. The van der Waals surface area contributed by atoms with E-state index in [1.807, 2.05) is 11.1 Å². The molecule has 1 amide bonds. The summed E-state index contributed by atoms with van der Waals surface area (Å²) in [5, 5.41) is 10.8. The number of carbonyl (C=O) groups excluding carboxylic acids is 1. The van der Waals surface area contributed by atoms with E-state index in [1.165, 1.54) is 6.42 Å². The van der Waals surface area contributed by atoms with Gasteiger partial charge in [0.15, 0.2) is 0 Å². The van der Waals surface area contributed by atoms with Gasteiger partial charge in [0.05, 0.1) is 11.6 Å². The first-order valence-electron chi connectivity index (χ1n) is 6.71. The average Bonchev–Trinajstić information content (AvgIpc) is 2.43. The number of nitrogens with one attached hydrogen (secondary N) is 1. The Morgan fingerprint density at radius 1 is 1.26 bits per heavy atom. The number of hydrogen-bond acceptors (Lipinski definition) is 3. The summed E-state index contributed by atoms with van der Waals surface area (Å²) in [6.07, 6.45) is 3.43. The minimum absolute atomic E-state index is 0.106. The summed E-state index contributed by atoms with van der Waals surface area (Å²) in [5.41, 5.74) is 4.14. The summed E-state index contributed by atoms with van der Waals surface area (Å²) in [5.74, 6) is -0.106. The third-order valence-electron chi connectivity index (χ3n) is 3.70. The monoisotopic (exact) mass is 257 g/mol. The first kappa shape index (κ1) is 13.6. The standard InChI is InChI=1S/C15H19N3O/c1-11-4-3-5-12(2)18(11)17-15(19)14-8-6-13(10-16)7-9-14/h6-9,11-12H,3-5H2,1-2H3,(H,17,19)/t11-,12+. The second-order valence-electron chi connectivity index (χ2n) is 5.17. The molecule has 4 nitrogen and oxygen atoms in total. The van der Waals surface area contributed by atoms with Crippen LogP contribution in [0.15, 0.2) is 24.3 Å². The van der Waals surface area contributed by atoms with Crippen LogP contribution in [0.5, 0.6) is 0 Å². The Balaban J connectivity index is 2.05. The van der Waals surface area contributed by atoms with Crippen molar-refractivity contribution in [2.24, 2.45) is 0 Å². The summed E-state index contributed by atoms with van der Waals surface area (Å²) in [6.45, 7) is 4.27. The number of benzene rings is 1. The van der Waals surface area contributed by atoms with E-state index in [2.05, 4.69) is 19.3 Å². The lowest BCUT2D eigenvalue weighted by atomic mass is 10.00. The number of piperidine rings is 1. The number of nitriles is 1. The maximum atomic E-state index is 12.2. The zero-order chi connectivity index (χ0) is 13.8. The summed E-state index contributed by atoms with van der Waals surface area (Å²) in [7, 11) is 0. The molecular weight excluding hydrogens is 238 g/mol. The van der Waals surface area contributed by atoms with Gasteiger partial charge in [-0.2, -0.15) is 5.26 Å². The fraction of sp³-hybridized carbons (Fsp3) is 0.467. The quantitative estimate of drug-likeness (QED) is 0.885. The molecule has 1 aromatic carbocycles. The Hall–Kier alpha value is -1.86. The van der Waals surface area contributed by atoms with Crippen molar-refractivity contribution in [1.29, 1.82) is 5.26 Å². The van der Waals surface area contributed by atoms with E-state index in [0.29, 0.717) is 23.2 Å². The molecule has 2 rings (SSSR count). The second kappa shape index (κ2) is 5.85. The van der Waals surface area contributed by atoms with Gasteiger partial charge in [0.1, 0.15) is 0 Å². The first-order valence-corrected chi connectivity index (χ1v) is 6.71. The Bertz CT molecular complexity index is 479. The summed E-state index contributed by atoms with van der Waals surface area (Å²) < 4.78 is 0. The Labute approximate surface area is 114 Å². The minimum atomic E-state index is -0.106. The molecule has 2 atom stereocenters. The van der Waals surface area contributed by atoms with Crippen LogP contribution >= 0.6 is 0 Å². The van der Waals surface area contributed by atoms with Crippen LogP contribution in [0.25, 0.3) is 0 Å². The van der Waals surface area contributed by atoms with Crippen molar-refractivity contribution in [2.75, 3.05) is 0 Å². The van der Waals surface area contributed by atoms with E-state index in [4.69, 9.17) is 5.26 Å². The van der Waals surface area contributed by atoms with Crippen LogP contribution in [0.2, 0.25) is 0 Å². The highest BCUT2D eigenvalue weighted by molar-refractivity contribution is 5.93. The average molecular weight is 257 g/mol. The van der Waals surface area contributed by atoms with Gasteiger partial charge in [-0.3, -0.25) is 10.2 Å². The predicted molar refractivity (Wildman–Crippen MR) is 73.2 cm³/mol. The third kappa shape index (κ3) is 3.12. The Morgan fingerprint density at radius 3 is 2.37 bits per heavy atom. The number of hydrazine groups is 1. The van der Waals surface area contributed by atoms with Gasteiger partial charge in [0.25, 0.3) is 5.91 Å². The molecule has 0 aliphatic carbocycles. The summed E-state index contributed by atoms with van der Waals surface area (Å²) in [4.78, 5) is 12.2. The van der Waals surface area contributed by atoms with Gasteiger partial charge in [-0.1, -0.05) is 6.42 Å². The molecule has 1 aliphatic heterocycles. The highest BCUT2D eigenvalue weighted by atomic mass is 16.2. The molecule has 0 unspecified atom stereocenters. The molecule has 0 bridgehead atoms. The van der Waals surface area contributed by atoms with Gasteiger partial charge in [0, 0.05) is 17.6 Å². The highest BCUT2D eigenvalue weighted by Gasteiger charge is 2.26. The molecule has 1 heterocycles. The van der Waals surface area contributed by atoms with E-state index in [0.717, 1.165) is 12.8 Å². The van der Waals surface area contributed by atoms with E-state index in [-0.39, 0.29) is 5.91 Å². The van der Waals surface area contributed by atoms with Crippen molar-refractivity contribution in [1.82, 2.24) is 10.4 Å². The van der Waals surface area contributed by atoms with E-state index >= 15 is 0 Å². The van der Waals surface area contributed by atoms with E-state index in [1.54, 1.807) is 24.3 Å². The maximum absolute atomic E-state index is 12.2. The van der Waals surface area contributed by atoms with Gasteiger partial charge < -0.3 is 0 Å². The number of hydrogen-bond donors (Lipinski definition) is 1. The number of carbonyl (C=O) groups is 1. The zero-order valence-corrected chi connectivity index (χ0v) is 11.4. The fourth-order valence-corrected chi connectivity index (χ4v) is 2.52. The largest absolute Gasteiger partial charge is 0.284 e. The summed E-state index contributed by atoms with van der Waals surface area (Å²) in [6, 6.07) is 9.48. The van der Waals surface area contributed by atoms with Crippen molar-refractivity contribution in [3.8, 4) is 6.07 Å². The minimum Gasteiger partial charge on any atom is -0.284 e. The summed E-state index contributed by atoms with van der Waals surface area (Å²) >= 11 is 0. The highest BCUT2D eigenvalue weighted by Crippen LogP contribution is 2.20. The van der Waals surface area contributed by atoms with Crippen molar-refractivity contribution < 1.29 is 4.79 Å². The Kier molecular flexibility index (Phi) is 4.18. The molecule has 4 heteroatoms. The molecule has 1 aliphatic rings. The SMILES string of the molecule is C[C@@H]1CCC[C@H](C)N1NC(=O)c1ccc(C#N)cc1. The van der Waals surface area contributed by atoms with Crippen molar-refractivity contribution in [3.05, 3.63) is 35.4 Å². The lowest BCUT2D eigenvalue weighted by Gasteiger charge is -2.38. The molecule has 1 N–H and O–H groups in total. The van der Waals surface area contributed by atoms with Gasteiger partial charge in [0.2, 0.25) is 0 Å². The number of amides is 1. The Morgan fingerprint density at radius 2 is 1.84 bits per heavy atom. The number of rotatable bonds is 2. The molecule has 0 spiro atoms. The smallest absolute Gasteiger partial charge is 0.265 e. The van der Waals surface area contributed by atoms with Crippen molar-refractivity contribution in [3.63, 3.8) is 0 Å². The first-order chi connectivity index (χ1) is 9.11. The molecule has 19 heavy (non-hydrogen) atoms. The zero-order valence-electron chi connectivity index (χ0n) is 11.4. The maximum Gasteiger partial charge on any atom is 0.265 e. The lowest BCUT2D eigenvalue weighted by Crippen LogP contribution is -2.54. The third-order valence-corrected chi connectivity index (χ3v) is 3.70. The van der Waals surface area contributed by atoms with Gasteiger partial charge >= 0.3 is 0 Å². The van der Waals surface area contributed by atoms with Crippen LogP contribution in [0.3, 0.4) is 0 Å². The molecular formula is C15H19N3O. The topological polar surface area (TPSA) is 56.1 Å². The van der Waals surface area contributed by atoms with Crippen molar-refractivity contribution >= 4 is 5.91 Å². The predicted octanol–water partition coefficient (Wildman–Crippen LogP) is 2.47. The van der Waals surface area contributed by atoms with Crippen LogP contribution < -0.4 is 5.43 Å². The van der Waals surface area contributed by atoms with E-state index < -0.39 is 0 Å². The second-order valence-corrected chi connectivity index (χ2v) is 5.17. The molecule has 1 fully saturated rings. The van der Waals surface area contributed by atoms with Crippen molar-refractivity contribution in [2.45, 2.75) is 45.2 Å². The van der Waals surface area contributed by atoms with Gasteiger partial charge in [-0.05, 0) is 51.0 Å². The van der Waals surface area contributed by atoms with Gasteiger partial charge in [-0.25, -0.2) is 5.01 Å². The van der Waals surface area contributed by atoms with Crippen LogP contribution in [0, 0.1) is 11.3 Å². The van der Waals surface area contributed by atoms with Gasteiger partial charge in [-0.15, -0.1) is 0 Å². The van der Waals surface area contributed by atoms with Crippen LogP contribution in [0.4, 0.5) is 0 Å². The molecule has 0 saturated carbocycles. The van der Waals surface area contributed by atoms with Crippen LogP contribution in [0.1, 0.15) is 49.0 Å².